The number of nitrogens with zero attached hydrogens (tertiary/aromatic N) is 1. The monoisotopic (exact) mass is 487 g/mol. The minimum atomic E-state index is -0.959. The van der Waals surface area contributed by atoms with Gasteiger partial charge in [0.25, 0.3) is 5.91 Å². The summed E-state index contributed by atoms with van der Waals surface area (Å²) in [5.41, 5.74) is 2.22. The lowest BCUT2D eigenvalue weighted by molar-refractivity contribution is -0.126. The molecule has 2 aromatic carbocycles. The smallest absolute Gasteiger partial charge is 0.261 e. The Morgan fingerprint density at radius 3 is 2.34 bits per heavy atom. The second kappa shape index (κ2) is 11.3. The number of benzene rings is 2. The Morgan fingerprint density at radius 1 is 0.914 bits per heavy atom. The van der Waals surface area contributed by atoms with Gasteiger partial charge in [-0.1, -0.05) is 54.1 Å². The van der Waals surface area contributed by atoms with Gasteiger partial charge in [0.2, 0.25) is 11.8 Å². The maximum atomic E-state index is 13.6. The van der Waals surface area contributed by atoms with Crippen LogP contribution in [0.4, 0.5) is 5.69 Å². The van der Waals surface area contributed by atoms with Gasteiger partial charge in [0, 0.05) is 5.69 Å². The first-order valence-electron chi connectivity index (χ1n) is 11.1. The van der Waals surface area contributed by atoms with Crippen LogP contribution in [0.1, 0.15) is 32.6 Å². The van der Waals surface area contributed by atoms with Crippen LogP contribution < -0.4 is 15.5 Å². The van der Waals surface area contributed by atoms with Crippen LogP contribution >= 0.6 is 11.3 Å². The highest BCUT2D eigenvalue weighted by atomic mass is 32.1. The van der Waals surface area contributed by atoms with Crippen molar-refractivity contribution in [3.05, 3.63) is 112 Å². The first-order valence-corrected chi connectivity index (χ1v) is 12.0. The predicted octanol–water partition coefficient (Wildman–Crippen LogP) is 4.47. The summed E-state index contributed by atoms with van der Waals surface area (Å²) in [5, 5.41) is 7.35. The number of aryl methyl sites for hydroxylation is 1. The van der Waals surface area contributed by atoms with Crippen LogP contribution in [-0.4, -0.2) is 24.3 Å². The van der Waals surface area contributed by atoms with Gasteiger partial charge in [-0.15, -0.1) is 11.3 Å². The van der Waals surface area contributed by atoms with Gasteiger partial charge in [0.15, 0.2) is 0 Å². The molecule has 0 saturated heterocycles. The van der Waals surface area contributed by atoms with Crippen molar-refractivity contribution in [1.82, 2.24) is 10.6 Å². The molecule has 0 aliphatic carbocycles. The largest absolute Gasteiger partial charge is 0.467 e. The van der Waals surface area contributed by atoms with Gasteiger partial charge in [-0.25, -0.2) is 0 Å². The van der Waals surface area contributed by atoms with Gasteiger partial charge in [-0.2, -0.15) is 0 Å². The summed E-state index contributed by atoms with van der Waals surface area (Å²) in [7, 11) is 0. The van der Waals surface area contributed by atoms with Gasteiger partial charge in [-0.05, 0) is 48.2 Å². The standard InChI is InChI=1S/C27H25N3O4S/c1-19-11-13-20(14-12-19)25(27(33)28-17-22-9-5-15-34-22)30(21-7-3-2-4-8-21)24(31)18-29-26(32)23-10-6-16-35-23/h2-16,25H,17-18H2,1H3,(H,28,33)(H,29,32)/t25-/m1/s1. The third-order valence-corrected chi connectivity index (χ3v) is 6.23. The molecule has 0 unspecified atom stereocenters. The molecule has 3 amide bonds. The lowest BCUT2D eigenvalue weighted by atomic mass is 10.0. The molecular weight excluding hydrogens is 462 g/mol. The molecule has 7 nitrogen and oxygen atoms in total. The van der Waals surface area contributed by atoms with E-state index >= 15 is 0 Å². The molecule has 0 saturated carbocycles. The number of hydrogen-bond donors (Lipinski definition) is 2. The molecule has 4 rings (SSSR count). The maximum absolute atomic E-state index is 13.6. The number of carbonyl (C=O) groups is 3. The molecular formula is C27H25N3O4S. The van der Waals surface area contributed by atoms with E-state index in [1.165, 1.54) is 22.5 Å². The van der Waals surface area contributed by atoms with Crippen LogP contribution in [0.25, 0.3) is 0 Å². The Labute approximate surface area is 207 Å². The lowest BCUT2D eigenvalue weighted by Gasteiger charge is -2.31. The van der Waals surface area contributed by atoms with Crippen LogP contribution in [0.2, 0.25) is 0 Å². The van der Waals surface area contributed by atoms with Gasteiger partial charge < -0.3 is 15.1 Å². The minimum absolute atomic E-state index is 0.181. The van der Waals surface area contributed by atoms with Crippen molar-refractivity contribution in [3.8, 4) is 0 Å². The summed E-state index contributed by atoms with van der Waals surface area (Å²) >= 11 is 1.29. The van der Waals surface area contributed by atoms with Crippen LogP contribution in [0.15, 0.2) is 94.9 Å². The van der Waals surface area contributed by atoms with E-state index in [9.17, 15) is 14.4 Å². The van der Waals surface area contributed by atoms with E-state index in [4.69, 9.17) is 4.42 Å². The first kappa shape index (κ1) is 24.0. The fourth-order valence-corrected chi connectivity index (χ4v) is 4.25. The summed E-state index contributed by atoms with van der Waals surface area (Å²) in [6.07, 6.45) is 1.54. The molecule has 4 aromatic rings. The number of anilines is 1. The van der Waals surface area contributed by atoms with E-state index in [1.54, 1.807) is 53.9 Å². The Kier molecular flexibility index (Phi) is 7.74. The summed E-state index contributed by atoms with van der Waals surface area (Å²) in [4.78, 5) is 41.5. The highest BCUT2D eigenvalue weighted by molar-refractivity contribution is 7.12. The predicted molar refractivity (Wildman–Crippen MR) is 135 cm³/mol. The number of carbonyl (C=O) groups excluding carboxylic acids is 3. The zero-order valence-electron chi connectivity index (χ0n) is 19.1. The molecule has 35 heavy (non-hydrogen) atoms. The molecule has 0 spiro atoms. The maximum Gasteiger partial charge on any atom is 0.261 e. The van der Waals surface area contributed by atoms with E-state index in [0.29, 0.717) is 21.9 Å². The highest BCUT2D eigenvalue weighted by Crippen LogP contribution is 2.28. The van der Waals surface area contributed by atoms with Crippen molar-refractivity contribution < 1.29 is 18.8 Å². The number of amides is 3. The highest BCUT2D eigenvalue weighted by Gasteiger charge is 2.33. The number of hydrogen-bond acceptors (Lipinski definition) is 5. The van der Waals surface area contributed by atoms with Gasteiger partial charge in [-0.3, -0.25) is 19.3 Å². The normalized spacial score (nSPS) is 11.5. The van der Waals surface area contributed by atoms with Crippen LogP contribution in [0, 0.1) is 6.92 Å². The molecule has 2 heterocycles. The number of furan rings is 1. The molecule has 0 aliphatic rings. The van der Waals surface area contributed by atoms with E-state index in [2.05, 4.69) is 10.6 Å². The Balaban J connectivity index is 1.64. The molecule has 1 atom stereocenters. The summed E-state index contributed by atoms with van der Waals surface area (Å²) < 4.78 is 5.34. The molecule has 2 N–H and O–H groups in total. The number of thiophene rings is 1. The van der Waals surface area contributed by atoms with Crippen molar-refractivity contribution in [1.29, 1.82) is 0 Å². The molecule has 0 radical (unpaired) electrons. The first-order chi connectivity index (χ1) is 17.0. The summed E-state index contributed by atoms with van der Waals surface area (Å²) in [6, 6.07) is 22.4. The second-order valence-corrected chi connectivity index (χ2v) is 8.82. The van der Waals surface area contributed by atoms with Gasteiger partial charge >= 0.3 is 0 Å². The average molecular weight is 488 g/mol. The van der Waals surface area contributed by atoms with Crippen LogP contribution in [0.5, 0.6) is 0 Å². The van der Waals surface area contributed by atoms with E-state index in [-0.39, 0.29) is 24.9 Å². The lowest BCUT2D eigenvalue weighted by Crippen LogP contribution is -2.47. The molecule has 8 heteroatoms. The number of nitrogens with one attached hydrogen (secondary N) is 2. The Bertz CT molecular complexity index is 1250. The van der Waals surface area contributed by atoms with E-state index in [1.807, 2.05) is 37.3 Å². The van der Waals surface area contributed by atoms with Crippen LogP contribution in [0.3, 0.4) is 0 Å². The van der Waals surface area contributed by atoms with Crippen molar-refractivity contribution in [2.45, 2.75) is 19.5 Å². The molecule has 178 valence electrons. The summed E-state index contributed by atoms with van der Waals surface area (Å²) in [6.45, 7) is 1.87. The SMILES string of the molecule is Cc1ccc([C@H](C(=O)NCc2ccco2)N(C(=O)CNC(=O)c2cccs2)c2ccccc2)cc1. The third kappa shape index (κ3) is 6.04. The van der Waals surface area contributed by atoms with Crippen molar-refractivity contribution in [2.24, 2.45) is 0 Å². The summed E-state index contributed by atoms with van der Waals surface area (Å²) in [5.74, 6) is -0.524. The van der Waals surface area contributed by atoms with Crippen molar-refractivity contribution in [3.63, 3.8) is 0 Å². The number of para-hydroxylation sites is 1. The van der Waals surface area contributed by atoms with Gasteiger partial charge in [0.05, 0.1) is 24.2 Å². The van der Waals surface area contributed by atoms with E-state index < -0.39 is 11.9 Å². The quantitative estimate of drug-likeness (QED) is 0.364. The zero-order valence-corrected chi connectivity index (χ0v) is 20.0. The molecule has 0 aliphatic heterocycles. The zero-order chi connectivity index (χ0) is 24.6. The average Bonchev–Trinajstić information content (AvgIpc) is 3.60. The van der Waals surface area contributed by atoms with E-state index in [0.717, 1.165) is 5.56 Å². The molecule has 2 aromatic heterocycles. The Morgan fingerprint density at radius 2 is 1.69 bits per heavy atom. The van der Waals surface area contributed by atoms with Crippen molar-refractivity contribution >= 4 is 34.7 Å². The van der Waals surface area contributed by atoms with Crippen LogP contribution in [-0.2, 0) is 16.1 Å². The third-order valence-electron chi connectivity index (χ3n) is 5.36. The Hall–Kier alpha value is -4.17. The minimum Gasteiger partial charge on any atom is -0.467 e. The number of rotatable bonds is 9. The topological polar surface area (TPSA) is 91.7 Å². The van der Waals surface area contributed by atoms with Gasteiger partial charge in [0.1, 0.15) is 11.8 Å². The second-order valence-electron chi connectivity index (χ2n) is 7.87. The molecule has 0 fully saturated rings. The fraction of sp³-hybridized carbons (Fsp3) is 0.148. The van der Waals surface area contributed by atoms with Crippen molar-refractivity contribution in [2.75, 3.05) is 11.4 Å². The molecule has 0 bridgehead atoms. The fourth-order valence-electron chi connectivity index (χ4n) is 3.61.